The van der Waals surface area contributed by atoms with Gasteiger partial charge in [0.15, 0.2) is 0 Å². The summed E-state index contributed by atoms with van der Waals surface area (Å²) < 4.78 is 0. The van der Waals surface area contributed by atoms with Gasteiger partial charge in [0.05, 0.1) is 10.7 Å². The van der Waals surface area contributed by atoms with E-state index >= 15 is 0 Å². The summed E-state index contributed by atoms with van der Waals surface area (Å²) in [6.07, 6.45) is 0.492. The first-order valence-electron chi connectivity index (χ1n) is 7.26. The number of carbonyl (C=O) groups excluding carboxylic acids is 2. The van der Waals surface area contributed by atoms with E-state index in [1.807, 2.05) is 24.3 Å². The van der Waals surface area contributed by atoms with Crippen LogP contribution in [-0.4, -0.2) is 25.0 Å². The summed E-state index contributed by atoms with van der Waals surface area (Å²) >= 11 is 6.09. The molecule has 0 radical (unpaired) electrons. The number of anilines is 2. The highest BCUT2D eigenvalue weighted by Crippen LogP contribution is 2.33. The number of nitrogens with zero attached hydrogens (tertiary/aromatic N) is 1. The average Bonchev–Trinajstić information content (AvgIpc) is 2.95. The van der Waals surface area contributed by atoms with Crippen molar-refractivity contribution in [2.24, 2.45) is 0 Å². The van der Waals surface area contributed by atoms with Gasteiger partial charge in [-0.3, -0.25) is 9.69 Å². The molecule has 1 atom stereocenters. The van der Waals surface area contributed by atoms with Gasteiger partial charge >= 0.3 is 6.03 Å². The molecule has 1 aliphatic rings. The first-order valence-corrected chi connectivity index (χ1v) is 7.64. The molecule has 118 valence electrons. The van der Waals surface area contributed by atoms with E-state index in [0.717, 1.165) is 11.3 Å². The zero-order chi connectivity index (χ0) is 16.4. The Morgan fingerprint density at radius 2 is 1.83 bits per heavy atom. The van der Waals surface area contributed by atoms with Crippen LogP contribution in [-0.2, 0) is 11.2 Å². The number of hydrogen-bond donors (Lipinski definition) is 2. The number of halogens is 1. The highest BCUT2D eigenvalue weighted by Gasteiger charge is 2.37. The minimum atomic E-state index is -0.570. The van der Waals surface area contributed by atoms with E-state index in [4.69, 9.17) is 11.6 Å². The van der Waals surface area contributed by atoms with Crippen LogP contribution in [0.4, 0.5) is 16.2 Å². The maximum absolute atomic E-state index is 12.7. The molecular formula is C17H16ClN3O2. The molecule has 0 bridgehead atoms. The number of benzene rings is 2. The predicted octanol–water partition coefficient (Wildman–Crippen LogP) is 3.05. The average molecular weight is 330 g/mol. The Bertz CT molecular complexity index is 763. The van der Waals surface area contributed by atoms with Crippen molar-refractivity contribution >= 4 is 34.9 Å². The standard InChI is InChI=1S/C17H16ClN3O2/c1-19-16(22)15-10-11-6-2-5-9-14(11)21(15)17(23)20-13-8-4-3-7-12(13)18/h2-9,15H,10H2,1H3,(H,19,22)(H,20,23). The quantitative estimate of drug-likeness (QED) is 0.889. The molecule has 0 saturated carbocycles. The first-order chi connectivity index (χ1) is 11.1. The highest BCUT2D eigenvalue weighted by molar-refractivity contribution is 6.33. The number of hydrogen-bond acceptors (Lipinski definition) is 2. The molecule has 0 aliphatic carbocycles. The molecule has 1 aliphatic heterocycles. The van der Waals surface area contributed by atoms with Crippen molar-refractivity contribution in [3.63, 3.8) is 0 Å². The topological polar surface area (TPSA) is 61.4 Å². The van der Waals surface area contributed by atoms with Gasteiger partial charge in [-0.1, -0.05) is 41.9 Å². The zero-order valence-corrected chi connectivity index (χ0v) is 13.3. The van der Waals surface area contributed by atoms with E-state index in [1.165, 1.54) is 4.90 Å². The van der Waals surface area contributed by atoms with Gasteiger partial charge in [-0.2, -0.15) is 0 Å². The van der Waals surface area contributed by atoms with Gasteiger partial charge in [-0.05, 0) is 23.8 Å². The van der Waals surface area contributed by atoms with E-state index in [1.54, 1.807) is 31.3 Å². The largest absolute Gasteiger partial charge is 0.357 e. The number of urea groups is 1. The molecule has 2 aromatic rings. The number of para-hydroxylation sites is 2. The molecule has 2 N–H and O–H groups in total. The number of carbonyl (C=O) groups is 2. The van der Waals surface area contributed by atoms with Gasteiger partial charge in [0.1, 0.15) is 6.04 Å². The molecule has 2 aromatic carbocycles. The molecule has 0 fully saturated rings. The maximum Gasteiger partial charge on any atom is 0.327 e. The highest BCUT2D eigenvalue weighted by atomic mass is 35.5. The van der Waals surface area contributed by atoms with E-state index < -0.39 is 6.04 Å². The summed E-state index contributed by atoms with van der Waals surface area (Å²) in [7, 11) is 1.56. The van der Waals surface area contributed by atoms with Crippen molar-refractivity contribution in [2.45, 2.75) is 12.5 Å². The number of amides is 3. The lowest BCUT2D eigenvalue weighted by atomic mass is 10.1. The van der Waals surface area contributed by atoms with Gasteiger partial charge in [-0.15, -0.1) is 0 Å². The molecule has 3 amide bonds. The SMILES string of the molecule is CNC(=O)C1Cc2ccccc2N1C(=O)Nc1ccccc1Cl. The van der Waals surface area contributed by atoms with Gasteiger partial charge in [-0.25, -0.2) is 4.79 Å². The second-order valence-corrected chi connectivity index (χ2v) is 5.65. The van der Waals surface area contributed by atoms with Gasteiger partial charge in [0, 0.05) is 19.2 Å². The molecule has 6 heteroatoms. The molecule has 23 heavy (non-hydrogen) atoms. The van der Waals surface area contributed by atoms with Crippen LogP contribution in [0.25, 0.3) is 0 Å². The minimum absolute atomic E-state index is 0.199. The lowest BCUT2D eigenvalue weighted by Crippen LogP contribution is -2.48. The van der Waals surface area contributed by atoms with E-state index in [2.05, 4.69) is 10.6 Å². The van der Waals surface area contributed by atoms with Crippen molar-refractivity contribution in [3.05, 3.63) is 59.1 Å². The molecule has 0 aromatic heterocycles. The Labute approximate surface area is 139 Å². The number of fused-ring (bicyclic) bond motifs is 1. The monoisotopic (exact) mass is 329 g/mol. The van der Waals surface area contributed by atoms with E-state index in [-0.39, 0.29) is 11.9 Å². The van der Waals surface area contributed by atoms with Gasteiger partial charge < -0.3 is 10.6 Å². The van der Waals surface area contributed by atoms with Crippen molar-refractivity contribution in [3.8, 4) is 0 Å². The Morgan fingerprint density at radius 1 is 1.13 bits per heavy atom. The summed E-state index contributed by atoms with van der Waals surface area (Å²) in [5, 5.41) is 5.84. The third-order valence-electron chi connectivity index (χ3n) is 3.86. The predicted molar refractivity (Wildman–Crippen MR) is 91.0 cm³/mol. The van der Waals surface area contributed by atoms with Crippen LogP contribution in [0.5, 0.6) is 0 Å². The van der Waals surface area contributed by atoms with E-state index in [0.29, 0.717) is 17.1 Å². The normalized spacial score (nSPS) is 15.9. The van der Waals surface area contributed by atoms with Crippen LogP contribution >= 0.6 is 11.6 Å². The first kappa shape index (κ1) is 15.4. The lowest BCUT2D eigenvalue weighted by molar-refractivity contribution is -0.121. The van der Waals surface area contributed by atoms with Crippen molar-refractivity contribution < 1.29 is 9.59 Å². The molecule has 1 heterocycles. The Kier molecular flexibility index (Phi) is 4.21. The van der Waals surface area contributed by atoms with Crippen LogP contribution in [0.1, 0.15) is 5.56 Å². The van der Waals surface area contributed by atoms with Crippen molar-refractivity contribution in [1.82, 2.24) is 5.32 Å². The summed E-state index contributed by atoms with van der Waals surface area (Å²) in [6, 6.07) is 13.6. The fourth-order valence-corrected chi connectivity index (χ4v) is 2.93. The fraction of sp³-hybridized carbons (Fsp3) is 0.176. The van der Waals surface area contributed by atoms with Crippen molar-refractivity contribution in [1.29, 1.82) is 0 Å². The Hall–Kier alpha value is -2.53. The zero-order valence-electron chi connectivity index (χ0n) is 12.5. The molecule has 3 rings (SSSR count). The van der Waals surface area contributed by atoms with Gasteiger partial charge in [0.25, 0.3) is 0 Å². The van der Waals surface area contributed by atoms with Crippen LogP contribution in [0, 0.1) is 0 Å². The fourth-order valence-electron chi connectivity index (χ4n) is 2.75. The summed E-state index contributed by atoms with van der Waals surface area (Å²) in [6.45, 7) is 0. The van der Waals surface area contributed by atoms with E-state index in [9.17, 15) is 9.59 Å². The molecule has 0 spiro atoms. The smallest absolute Gasteiger partial charge is 0.327 e. The number of rotatable bonds is 2. The Morgan fingerprint density at radius 3 is 2.57 bits per heavy atom. The summed E-state index contributed by atoms with van der Waals surface area (Å²) in [5.41, 5.74) is 2.22. The second kappa shape index (κ2) is 6.30. The molecular weight excluding hydrogens is 314 g/mol. The van der Waals surface area contributed by atoms with Crippen molar-refractivity contribution in [2.75, 3.05) is 17.3 Å². The third kappa shape index (κ3) is 2.87. The lowest BCUT2D eigenvalue weighted by Gasteiger charge is -2.24. The molecule has 0 saturated heterocycles. The molecule has 5 nitrogen and oxygen atoms in total. The summed E-state index contributed by atoms with van der Waals surface area (Å²) in [5.74, 6) is -0.199. The number of likely N-dealkylation sites (N-methyl/N-ethyl adjacent to an activating group) is 1. The third-order valence-corrected chi connectivity index (χ3v) is 4.19. The number of nitrogens with one attached hydrogen (secondary N) is 2. The Balaban J connectivity index is 1.92. The minimum Gasteiger partial charge on any atom is -0.357 e. The molecule has 1 unspecified atom stereocenters. The van der Waals surface area contributed by atoms with Crippen LogP contribution < -0.4 is 15.5 Å². The van der Waals surface area contributed by atoms with Gasteiger partial charge in [0.2, 0.25) is 5.91 Å². The van der Waals surface area contributed by atoms with Crippen LogP contribution in [0.3, 0.4) is 0 Å². The summed E-state index contributed by atoms with van der Waals surface area (Å²) in [4.78, 5) is 26.4. The second-order valence-electron chi connectivity index (χ2n) is 5.24. The van der Waals surface area contributed by atoms with Crippen LogP contribution in [0.2, 0.25) is 5.02 Å². The van der Waals surface area contributed by atoms with Crippen LogP contribution in [0.15, 0.2) is 48.5 Å². The maximum atomic E-state index is 12.7.